The van der Waals surface area contributed by atoms with Crippen molar-refractivity contribution in [3.05, 3.63) is 70.7 Å². The third kappa shape index (κ3) is 4.44. The SMILES string of the molecule is C[C@H]1CC(C)(C)N(C)c2cc(Cl)c(/C=N/NC(=O)COc3cccc4ccccc34)cc21. The maximum absolute atomic E-state index is 12.2. The van der Waals surface area contributed by atoms with Gasteiger partial charge in [0, 0.05) is 29.2 Å². The Hall–Kier alpha value is -3.05. The number of amides is 1. The number of hydrazone groups is 1. The minimum absolute atomic E-state index is 0.0728. The Bertz CT molecular complexity index is 1180. The lowest BCUT2D eigenvalue weighted by atomic mass is 9.80. The van der Waals surface area contributed by atoms with E-state index in [2.05, 4.69) is 49.3 Å². The van der Waals surface area contributed by atoms with Gasteiger partial charge in [-0.15, -0.1) is 0 Å². The van der Waals surface area contributed by atoms with E-state index in [9.17, 15) is 4.79 Å². The maximum atomic E-state index is 12.2. The largest absolute Gasteiger partial charge is 0.483 e. The third-order valence-electron chi connectivity index (χ3n) is 6.25. The summed E-state index contributed by atoms with van der Waals surface area (Å²) in [7, 11) is 2.10. The molecule has 0 aliphatic carbocycles. The Morgan fingerprint density at radius 3 is 2.81 bits per heavy atom. The van der Waals surface area contributed by atoms with Gasteiger partial charge in [0.05, 0.1) is 11.2 Å². The molecule has 1 aliphatic heterocycles. The molecule has 1 aliphatic rings. The summed E-state index contributed by atoms with van der Waals surface area (Å²) in [5.74, 6) is 0.739. The molecular weight excluding hydrogens is 422 g/mol. The summed E-state index contributed by atoms with van der Waals surface area (Å²) in [6.07, 6.45) is 2.64. The molecule has 0 unspecified atom stereocenters. The number of rotatable bonds is 5. The molecule has 0 radical (unpaired) electrons. The van der Waals surface area contributed by atoms with Gasteiger partial charge >= 0.3 is 0 Å². The standard InChI is InChI=1S/C26H28ClN3O2/c1-17-14-26(2,3)30(4)23-13-22(27)19(12-21(17)23)15-28-29-25(31)16-32-24-11-7-9-18-8-5-6-10-20(18)24/h5-13,15,17H,14,16H2,1-4H3,(H,29,31)/b28-15+/t17-/m0/s1. The van der Waals surface area contributed by atoms with Gasteiger partial charge in [-0.2, -0.15) is 5.10 Å². The predicted octanol–water partition coefficient (Wildman–Crippen LogP) is 5.74. The number of hydrogen-bond acceptors (Lipinski definition) is 4. The van der Waals surface area contributed by atoms with Crippen molar-refractivity contribution in [1.29, 1.82) is 0 Å². The first-order valence-electron chi connectivity index (χ1n) is 10.8. The van der Waals surface area contributed by atoms with Crippen LogP contribution in [-0.4, -0.2) is 31.3 Å². The Labute approximate surface area is 194 Å². The lowest BCUT2D eigenvalue weighted by molar-refractivity contribution is -0.123. The molecule has 4 rings (SSSR count). The van der Waals surface area contributed by atoms with E-state index >= 15 is 0 Å². The van der Waals surface area contributed by atoms with Crippen LogP contribution in [0.4, 0.5) is 5.69 Å². The van der Waals surface area contributed by atoms with Crippen LogP contribution in [0.3, 0.4) is 0 Å². The van der Waals surface area contributed by atoms with E-state index in [4.69, 9.17) is 16.3 Å². The zero-order chi connectivity index (χ0) is 22.9. The highest BCUT2D eigenvalue weighted by molar-refractivity contribution is 6.33. The van der Waals surface area contributed by atoms with E-state index in [1.807, 2.05) is 48.5 Å². The quantitative estimate of drug-likeness (QED) is 0.399. The van der Waals surface area contributed by atoms with Crippen LogP contribution in [0.25, 0.3) is 10.8 Å². The van der Waals surface area contributed by atoms with Crippen molar-refractivity contribution in [2.24, 2.45) is 5.10 Å². The lowest BCUT2D eigenvalue weighted by Gasteiger charge is -2.45. The van der Waals surface area contributed by atoms with Crippen molar-refractivity contribution in [3.63, 3.8) is 0 Å². The van der Waals surface area contributed by atoms with E-state index < -0.39 is 0 Å². The molecule has 1 N–H and O–H groups in total. The van der Waals surface area contributed by atoms with Gasteiger partial charge in [0.1, 0.15) is 5.75 Å². The van der Waals surface area contributed by atoms with Gasteiger partial charge in [-0.1, -0.05) is 54.9 Å². The number of halogens is 1. The number of carbonyl (C=O) groups is 1. The molecule has 5 nitrogen and oxygen atoms in total. The number of ether oxygens (including phenoxy) is 1. The monoisotopic (exact) mass is 449 g/mol. The van der Waals surface area contributed by atoms with Gasteiger partial charge in [0.15, 0.2) is 6.61 Å². The number of benzene rings is 3. The van der Waals surface area contributed by atoms with Crippen LogP contribution >= 0.6 is 11.6 Å². The van der Waals surface area contributed by atoms with Crippen LogP contribution in [0.15, 0.2) is 59.7 Å². The molecule has 0 fully saturated rings. The minimum Gasteiger partial charge on any atom is -0.483 e. The smallest absolute Gasteiger partial charge is 0.277 e. The summed E-state index contributed by atoms with van der Waals surface area (Å²) in [6.45, 7) is 6.59. The normalized spacial score (nSPS) is 17.4. The van der Waals surface area contributed by atoms with Gasteiger partial charge in [-0.25, -0.2) is 5.43 Å². The van der Waals surface area contributed by atoms with Crippen LogP contribution < -0.4 is 15.1 Å². The second-order valence-electron chi connectivity index (χ2n) is 8.97. The summed E-state index contributed by atoms with van der Waals surface area (Å²) in [5.41, 5.74) is 5.76. The van der Waals surface area contributed by atoms with Crippen LogP contribution in [0.2, 0.25) is 5.02 Å². The molecule has 1 heterocycles. The van der Waals surface area contributed by atoms with Gasteiger partial charge in [-0.3, -0.25) is 4.79 Å². The van der Waals surface area contributed by atoms with E-state index in [0.29, 0.717) is 16.7 Å². The first kappa shape index (κ1) is 22.2. The fourth-order valence-electron chi connectivity index (χ4n) is 4.37. The van der Waals surface area contributed by atoms with E-state index in [1.165, 1.54) is 5.56 Å². The van der Waals surface area contributed by atoms with Crippen LogP contribution in [0, 0.1) is 0 Å². The van der Waals surface area contributed by atoms with Crippen LogP contribution in [0.1, 0.15) is 44.2 Å². The second kappa shape index (κ2) is 8.83. The van der Waals surface area contributed by atoms with Gasteiger partial charge < -0.3 is 9.64 Å². The van der Waals surface area contributed by atoms with E-state index in [-0.39, 0.29) is 18.1 Å². The Morgan fingerprint density at radius 2 is 2.00 bits per heavy atom. The number of anilines is 1. The van der Waals surface area contributed by atoms with Crippen molar-refractivity contribution in [1.82, 2.24) is 5.43 Å². The summed E-state index contributed by atoms with van der Waals surface area (Å²) in [5, 5.41) is 6.73. The Balaban J connectivity index is 1.42. The van der Waals surface area contributed by atoms with Crippen molar-refractivity contribution in [2.75, 3.05) is 18.6 Å². The maximum Gasteiger partial charge on any atom is 0.277 e. The zero-order valence-electron chi connectivity index (χ0n) is 18.9. The molecule has 1 amide bonds. The number of carbonyl (C=O) groups excluding carboxylic acids is 1. The third-order valence-corrected chi connectivity index (χ3v) is 6.58. The number of nitrogens with zero attached hydrogens (tertiary/aromatic N) is 2. The number of fused-ring (bicyclic) bond motifs is 2. The minimum atomic E-state index is -0.335. The molecule has 32 heavy (non-hydrogen) atoms. The van der Waals surface area contributed by atoms with Crippen molar-refractivity contribution < 1.29 is 9.53 Å². The fraction of sp³-hybridized carbons (Fsp3) is 0.308. The average molecular weight is 450 g/mol. The fourth-order valence-corrected chi connectivity index (χ4v) is 4.58. The Kier molecular flexibility index (Phi) is 6.11. The molecule has 3 aromatic rings. The summed E-state index contributed by atoms with van der Waals surface area (Å²) in [6, 6.07) is 17.7. The molecule has 166 valence electrons. The van der Waals surface area contributed by atoms with Gasteiger partial charge in [0.25, 0.3) is 5.91 Å². The molecule has 0 aromatic heterocycles. The average Bonchev–Trinajstić information content (AvgIpc) is 2.76. The second-order valence-corrected chi connectivity index (χ2v) is 9.38. The lowest BCUT2D eigenvalue weighted by Crippen LogP contribution is -2.45. The van der Waals surface area contributed by atoms with Crippen LogP contribution in [-0.2, 0) is 4.79 Å². The summed E-state index contributed by atoms with van der Waals surface area (Å²) in [4.78, 5) is 14.5. The van der Waals surface area contributed by atoms with Gasteiger partial charge in [0.2, 0.25) is 0 Å². The molecule has 1 atom stereocenters. The predicted molar refractivity (Wildman–Crippen MR) is 132 cm³/mol. The molecular formula is C26H28ClN3O2. The topological polar surface area (TPSA) is 53.9 Å². The summed E-state index contributed by atoms with van der Waals surface area (Å²) < 4.78 is 5.71. The van der Waals surface area contributed by atoms with Crippen LogP contribution in [0.5, 0.6) is 5.75 Å². The van der Waals surface area contributed by atoms with E-state index in [0.717, 1.165) is 28.4 Å². The molecule has 0 saturated carbocycles. The number of hydrogen-bond donors (Lipinski definition) is 1. The molecule has 0 bridgehead atoms. The molecule has 6 heteroatoms. The van der Waals surface area contributed by atoms with Gasteiger partial charge in [-0.05, 0) is 55.3 Å². The molecule has 0 saturated heterocycles. The molecule has 3 aromatic carbocycles. The zero-order valence-corrected chi connectivity index (χ0v) is 19.6. The van der Waals surface area contributed by atoms with E-state index in [1.54, 1.807) is 6.21 Å². The van der Waals surface area contributed by atoms with Crippen molar-refractivity contribution >= 4 is 40.2 Å². The van der Waals surface area contributed by atoms with Crippen molar-refractivity contribution in [2.45, 2.75) is 38.6 Å². The highest BCUT2D eigenvalue weighted by Gasteiger charge is 2.34. The highest BCUT2D eigenvalue weighted by Crippen LogP contribution is 2.44. The molecule has 0 spiro atoms. The number of nitrogens with one attached hydrogen (secondary N) is 1. The first-order chi connectivity index (χ1) is 15.3. The summed E-state index contributed by atoms with van der Waals surface area (Å²) >= 11 is 6.52. The van der Waals surface area contributed by atoms with Crippen molar-refractivity contribution in [3.8, 4) is 5.75 Å². The first-order valence-corrected chi connectivity index (χ1v) is 11.1. The Morgan fingerprint density at radius 1 is 1.25 bits per heavy atom. The highest BCUT2D eigenvalue weighted by atomic mass is 35.5.